The second kappa shape index (κ2) is 8.39. The van der Waals surface area contributed by atoms with E-state index in [-0.39, 0.29) is 36.9 Å². The normalized spacial score (nSPS) is 13.9. The average molecular weight is 374 g/mol. The molecule has 0 saturated carbocycles. The van der Waals surface area contributed by atoms with Crippen molar-refractivity contribution >= 4 is 11.9 Å². The van der Waals surface area contributed by atoms with Crippen molar-refractivity contribution in [3.8, 4) is 23.6 Å². The summed E-state index contributed by atoms with van der Waals surface area (Å²) in [6, 6.07) is 14.9. The van der Waals surface area contributed by atoms with Crippen molar-refractivity contribution in [2.24, 2.45) is 0 Å². The molecule has 2 aromatic rings. The van der Waals surface area contributed by atoms with Crippen LogP contribution in [0.3, 0.4) is 0 Å². The number of rotatable bonds is 6. The number of Topliss-reactive ketones (excluding diaryl/α,β-unsaturated/α-hetero) is 1. The van der Waals surface area contributed by atoms with Crippen LogP contribution in [0.25, 0.3) is 6.08 Å². The second-order valence-corrected chi connectivity index (χ2v) is 6.57. The Morgan fingerprint density at radius 3 is 2.39 bits per heavy atom. The van der Waals surface area contributed by atoms with Crippen LogP contribution in [0.5, 0.6) is 11.5 Å². The SMILES string of the molecule is CCc1ccc(/C=C2/Oc3c(ccc(O)c3C[NH+](CC#N)CC#N)C2=O)cc1. The van der Waals surface area contributed by atoms with Crippen LogP contribution in [0.4, 0.5) is 0 Å². The molecule has 0 radical (unpaired) electrons. The van der Waals surface area contributed by atoms with E-state index in [1.54, 1.807) is 6.08 Å². The first-order valence-corrected chi connectivity index (χ1v) is 9.02. The molecule has 3 rings (SSSR count). The Morgan fingerprint density at radius 2 is 1.79 bits per heavy atom. The molecular formula is C22H20N3O3+. The predicted molar refractivity (Wildman–Crippen MR) is 102 cm³/mol. The molecule has 2 aromatic carbocycles. The number of ether oxygens (including phenoxy) is 1. The van der Waals surface area contributed by atoms with Gasteiger partial charge in [-0.3, -0.25) is 4.79 Å². The number of hydrogen-bond acceptors (Lipinski definition) is 5. The van der Waals surface area contributed by atoms with E-state index >= 15 is 0 Å². The van der Waals surface area contributed by atoms with Crippen molar-refractivity contribution in [3.05, 3.63) is 64.4 Å². The fourth-order valence-corrected chi connectivity index (χ4v) is 3.13. The first-order chi connectivity index (χ1) is 13.6. The number of ketones is 1. The molecule has 1 aliphatic rings. The Labute approximate surface area is 163 Å². The summed E-state index contributed by atoms with van der Waals surface area (Å²) in [5.74, 6) is 0.217. The van der Waals surface area contributed by atoms with Crippen LogP contribution in [0.2, 0.25) is 0 Å². The summed E-state index contributed by atoms with van der Waals surface area (Å²) < 4.78 is 5.82. The van der Waals surface area contributed by atoms with E-state index in [1.165, 1.54) is 17.7 Å². The zero-order valence-corrected chi connectivity index (χ0v) is 15.5. The van der Waals surface area contributed by atoms with Gasteiger partial charge in [-0.2, -0.15) is 10.5 Å². The summed E-state index contributed by atoms with van der Waals surface area (Å²) in [4.78, 5) is 13.4. The third-order valence-electron chi connectivity index (χ3n) is 4.69. The number of phenols is 1. The molecule has 1 heterocycles. The third-order valence-corrected chi connectivity index (χ3v) is 4.69. The van der Waals surface area contributed by atoms with Gasteiger partial charge in [-0.05, 0) is 35.8 Å². The minimum absolute atomic E-state index is 0.0199. The summed E-state index contributed by atoms with van der Waals surface area (Å²) in [6.07, 6.45) is 2.61. The number of nitrogens with zero attached hydrogens (tertiary/aromatic N) is 2. The van der Waals surface area contributed by atoms with Gasteiger partial charge in [-0.15, -0.1) is 0 Å². The first kappa shape index (κ1) is 19.2. The lowest BCUT2D eigenvalue weighted by molar-refractivity contribution is -0.899. The molecule has 6 nitrogen and oxygen atoms in total. The molecule has 0 fully saturated rings. The summed E-state index contributed by atoms with van der Waals surface area (Å²) in [5, 5.41) is 28.2. The Hall–Kier alpha value is -3.61. The topological polar surface area (TPSA) is 98.5 Å². The third kappa shape index (κ3) is 3.88. The van der Waals surface area contributed by atoms with E-state index < -0.39 is 0 Å². The quantitative estimate of drug-likeness (QED) is 0.595. The molecule has 0 spiro atoms. The minimum atomic E-state index is -0.252. The molecule has 0 saturated heterocycles. The lowest BCUT2D eigenvalue weighted by Gasteiger charge is -2.15. The maximum Gasteiger partial charge on any atom is 0.231 e. The van der Waals surface area contributed by atoms with Crippen molar-refractivity contribution in [2.75, 3.05) is 13.1 Å². The van der Waals surface area contributed by atoms with Crippen LogP contribution in [0.15, 0.2) is 42.2 Å². The maximum absolute atomic E-state index is 12.7. The number of benzene rings is 2. The lowest BCUT2D eigenvalue weighted by Crippen LogP contribution is -3.10. The molecule has 0 bridgehead atoms. The van der Waals surface area contributed by atoms with Crippen LogP contribution >= 0.6 is 0 Å². The standard InChI is InChI=1S/C22H19N3O3/c1-2-15-3-5-16(6-4-15)13-20-21(27)17-7-8-19(26)18(22(17)28-20)14-25(11-9-23)12-10-24/h3-8,13,26H,2,11-12,14H2,1H3/p+1/b20-13+. The molecule has 28 heavy (non-hydrogen) atoms. The Morgan fingerprint density at radius 1 is 1.11 bits per heavy atom. The molecule has 140 valence electrons. The molecule has 0 aromatic heterocycles. The van der Waals surface area contributed by atoms with E-state index in [0.717, 1.165) is 12.0 Å². The van der Waals surface area contributed by atoms with E-state index in [9.17, 15) is 9.90 Å². The van der Waals surface area contributed by atoms with Gasteiger partial charge in [-0.1, -0.05) is 31.2 Å². The number of nitrogens with one attached hydrogen (secondary N) is 1. The Bertz CT molecular complexity index is 995. The molecule has 0 atom stereocenters. The Kier molecular flexibility index (Phi) is 5.74. The monoisotopic (exact) mass is 374 g/mol. The number of aromatic hydroxyl groups is 1. The largest absolute Gasteiger partial charge is 0.507 e. The molecule has 0 aliphatic carbocycles. The van der Waals surface area contributed by atoms with Crippen molar-refractivity contribution in [1.29, 1.82) is 10.5 Å². The highest BCUT2D eigenvalue weighted by molar-refractivity contribution is 6.14. The highest BCUT2D eigenvalue weighted by Crippen LogP contribution is 2.39. The van der Waals surface area contributed by atoms with Gasteiger partial charge in [0.05, 0.1) is 11.1 Å². The van der Waals surface area contributed by atoms with Crippen LogP contribution in [-0.2, 0) is 13.0 Å². The maximum atomic E-state index is 12.7. The average Bonchev–Trinajstić information content (AvgIpc) is 3.01. The van der Waals surface area contributed by atoms with Crippen LogP contribution in [-0.4, -0.2) is 24.0 Å². The fraction of sp³-hybridized carbons (Fsp3) is 0.227. The second-order valence-electron chi connectivity index (χ2n) is 6.57. The van der Waals surface area contributed by atoms with Gasteiger partial charge < -0.3 is 14.7 Å². The smallest absolute Gasteiger partial charge is 0.231 e. The number of aryl methyl sites for hydroxylation is 1. The van der Waals surface area contributed by atoms with Gasteiger partial charge in [0.2, 0.25) is 5.78 Å². The highest BCUT2D eigenvalue weighted by Gasteiger charge is 2.32. The number of allylic oxidation sites excluding steroid dienone is 1. The van der Waals surface area contributed by atoms with E-state index in [2.05, 4.69) is 6.92 Å². The van der Waals surface area contributed by atoms with Crippen LogP contribution < -0.4 is 9.64 Å². The zero-order valence-electron chi connectivity index (χ0n) is 15.5. The van der Waals surface area contributed by atoms with E-state index in [1.807, 2.05) is 36.4 Å². The zero-order chi connectivity index (χ0) is 20.1. The first-order valence-electron chi connectivity index (χ1n) is 9.02. The Balaban J connectivity index is 1.93. The fourth-order valence-electron chi connectivity index (χ4n) is 3.13. The molecule has 0 amide bonds. The molecule has 2 N–H and O–H groups in total. The number of fused-ring (bicyclic) bond motifs is 1. The summed E-state index contributed by atoms with van der Waals surface area (Å²) in [5.41, 5.74) is 2.85. The highest BCUT2D eigenvalue weighted by atomic mass is 16.5. The van der Waals surface area contributed by atoms with Crippen molar-refractivity contribution in [2.45, 2.75) is 19.9 Å². The summed E-state index contributed by atoms with van der Waals surface area (Å²) in [7, 11) is 0. The number of phenolic OH excluding ortho intramolecular Hbond substituents is 1. The number of nitriles is 2. The van der Waals surface area contributed by atoms with E-state index in [0.29, 0.717) is 21.8 Å². The molecule has 6 heteroatoms. The van der Waals surface area contributed by atoms with Gasteiger partial charge in [0.15, 0.2) is 24.6 Å². The molecule has 1 aliphatic heterocycles. The van der Waals surface area contributed by atoms with Gasteiger partial charge in [0.25, 0.3) is 0 Å². The number of carbonyl (C=O) groups excluding carboxylic acids is 1. The number of quaternary nitrogens is 1. The lowest BCUT2D eigenvalue weighted by atomic mass is 10.0. The van der Waals surface area contributed by atoms with E-state index in [4.69, 9.17) is 15.3 Å². The van der Waals surface area contributed by atoms with Gasteiger partial charge in [0.1, 0.15) is 24.4 Å². The van der Waals surface area contributed by atoms with Gasteiger partial charge in [-0.25, -0.2) is 0 Å². The van der Waals surface area contributed by atoms with Crippen molar-refractivity contribution < 1.29 is 19.5 Å². The minimum Gasteiger partial charge on any atom is -0.507 e. The van der Waals surface area contributed by atoms with Crippen LogP contribution in [0, 0.1) is 22.7 Å². The van der Waals surface area contributed by atoms with Crippen molar-refractivity contribution in [1.82, 2.24) is 0 Å². The summed E-state index contributed by atoms with van der Waals surface area (Å²) >= 11 is 0. The number of hydrogen-bond donors (Lipinski definition) is 2. The summed E-state index contributed by atoms with van der Waals surface area (Å²) in [6.45, 7) is 2.50. The molecular weight excluding hydrogens is 354 g/mol. The molecule has 0 unspecified atom stereocenters. The number of carbonyl (C=O) groups is 1. The van der Waals surface area contributed by atoms with Crippen LogP contribution in [0.1, 0.15) is 34.0 Å². The van der Waals surface area contributed by atoms with Crippen molar-refractivity contribution in [3.63, 3.8) is 0 Å². The predicted octanol–water partition coefficient (Wildman–Crippen LogP) is 2.00. The van der Waals surface area contributed by atoms with Gasteiger partial charge in [0, 0.05) is 0 Å². The van der Waals surface area contributed by atoms with Gasteiger partial charge >= 0.3 is 0 Å².